The third-order valence-corrected chi connectivity index (χ3v) is 4.44. The van der Waals surface area contributed by atoms with Crippen molar-refractivity contribution in [2.24, 2.45) is 5.92 Å². The molecule has 1 aliphatic carbocycles. The highest BCUT2D eigenvalue weighted by atomic mass is 35.5. The van der Waals surface area contributed by atoms with Crippen molar-refractivity contribution >= 4 is 23.2 Å². The summed E-state index contributed by atoms with van der Waals surface area (Å²) in [4.78, 5) is 0. The SMILES string of the molecule is Clc1cc(Cl)c2c(c1)C(NCC1CCC1)CCO2. The predicted molar refractivity (Wildman–Crippen MR) is 74.7 cm³/mol. The predicted octanol–water partition coefficient (Wildman–Crippen LogP) is 4.21. The zero-order chi connectivity index (χ0) is 12.5. The fourth-order valence-electron chi connectivity index (χ4n) is 2.64. The first-order chi connectivity index (χ1) is 8.74. The van der Waals surface area contributed by atoms with Crippen LogP contribution in [0, 0.1) is 5.92 Å². The van der Waals surface area contributed by atoms with Crippen LogP contribution in [0.3, 0.4) is 0 Å². The van der Waals surface area contributed by atoms with Crippen LogP contribution in [0.25, 0.3) is 0 Å². The summed E-state index contributed by atoms with van der Waals surface area (Å²) >= 11 is 12.3. The molecule has 1 aromatic carbocycles. The molecule has 1 fully saturated rings. The van der Waals surface area contributed by atoms with Gasteiger partial charge in [-0.2, -0.15) is 0 Å². The molecule has 0 amide bonds. The molecule has 0 aromatic heterocycles. The summed E-state index contributed by atoms with van der Waals surface area (Å²) in [5.41, 5.74) is 1.11. The van der Waals surface area contributed by atoms with E-state index in [1.54, 1.807) is 6.07 Å². The molecule has 1 atom stereocenters. The summed E-state index contributed by atoms with van der Waals surface area (Å²) in [7, 11) is 0. The lowest BCUT2D eigenvalue weighted by molar-refractivity contribution is 0.233. The molecular formula is C14H17Cl2NO. The van der Waals surface area contributed by atoms with Crippen molar-refractivity contribution in [3.8, 4) is 5.75 Å². The smallest absolute Gasteiger partial charge is 0.142 e. The first-order valence-corrected chi connectivity index (χ1v) is 7.35. The van der Waals surface area contributed by atoms with E-state index in [2.05, 4.69) is 5.32 Å². The molecule has 1 heterocycles. The van der Waals surface area contributed by atoms with E-state index in [0.717, 1.165) is 36.8 Å². The van der Waals surface area contributed by atoms with Gasteiger partial charge in [0.25, 0.3) is 0 Å². The second-order valence-electron chi connectivity index (χ2n) is 5.20. The molecule has 1 saturated carbocycles. The van der Waals surface area contributed by atoms with Gasteiger partial charge in [-0.25, -0.2) is 0 Å². The Bertz CT molecular complexity index is 446. The quantitative estimate of drug-likeness (QED) is 0.898. The Balaban J connectivity index is 1.77. The first kappa shape index (κ1) is 12.6. The van der Waals surface area contributed by atoms with Gasteiger partial charge in [-0.05, 0) is 37.4 Å². The molecule has 4 heteroatoms. The fourth-order valence-corrected chi connectivity index (χ4v) is 3.21. The zero-order valence-electron chi connectivity index (χ0n) is 10.2. The highest BCUT2D eigenvalue weighted by Gasteiger charge is 2.25. The number of rotatable bonds is 3. The molecule has 1 aromatic rings. The van der Waals surface area contributed by atoms with E-state index in [9.17, 15) is 0 Å². The molecule has 0 saturated heterocycles. The van der Waals surface area contributed by atoms with Crippen LogP contribution in [-0.2, 0) is 0 Å². The van der Waals surface area contributed by atoms with Gasteiger partial charge in [0.1, 0.15) is 5.75 Å². The maximum atomic E-state index is 6.18. The summed E-state index contributed by atoms with van der Waals surface area (Å²) < 4.78 is 5.66. The third-order valence-electron chi connectivity index (χ3n) is 3.94. The summed E-state index contributed by atoms with van der Waals surface area (Å²) in [5, 5.41) is 4.94. The first-order valence-electron chi connectivity index (χ1n) is 6.59. The lowest BCUT2D eigenvalue weighted by Gasteiger charge is -2.31. The van der Waals surface area contributed by atoms with Crippen molar-refractivity contribution < 1.29 is 4.74 Å². The van der Waals surface area contributed by atoms with Gasteiger partial charge >= 0.3 is 0 Å². The van der Waals surface area contributed by atoms with Crippen molar-refractivity contribution in [3.05, 3.63) is 27.7 Å². The van der Waals surface area contributed by atoms with E-state index in [1.165, 1.54) is 19.3 Å². The lowest BCUT2D eigenvalue weighted by Crippen LogP contribution is -2.33. The zero-order valence-corrected chi connectivity index (χ0v) is 11.7. The largest absolute Gasteiger partial charge is 0.492 e. The van der Waals surface area contributed by atoms with Crippen molar-refractivity contribution in [3.63, 3.8) is 0 Å². The second kappa shape index (κ2) is 5.28. The topological polar surface area (TPSA) is 21.3 Å². The normalized spacial score (nSPS) is 23.1. The molecule has 3 rings (SSSR count). The van der Waals surface area contributed by atoms with Crippen LogP contribution in [0.4, 0.5) is 0 Å². The minimum atomic E-state index is 0.325. The van der Waals surface area contributed by atoms with Crippen LogP contribution in [-0.4, -0.2) is 13.2 Å². The Morgan fingerprint density at radius 1 is 1.22 bits per heavy atom. The van der Waals surface area contributed by atoms with Gasteiger partial charge in [0, 0.05) is 23.0 Å². The van der Waals surface area contributed by atoms with Crippen LogP contribution in [0.2, 0.25) is 10.0 Å². The number of ether oxygens (including phenoxy) is 1. The van der Waals surface area contributed by atoms with Crippen molar-refractivity contribution in [1.29, 1.82) is 0 Å². The number of nitrogens with one attached hydrogen (secondary N) is 1. The van der Waals surface area contributed by atoms with E-state index in [0.29, 0.717) is 16.1 Å². The van der Waals surface area contributed by atoms with Crippen LogP contribution in [0.1, 0.15) is 37.3 Å². The van der Waals surface area contributed by atoms with Crippen LogP contribution >= 0.6 is 23.2 Å². The van der Waals surface area contributed by atoms with Gasteiger partial charge in [0.05, 0.1) is 11.6 Å². The average Bonchev–Trinajstić information content (AvgIpc) is 2.27. The summed E-state index contributed by atoms with van der Waals surface area (Å²) in [6.07, 6.45) is 5.09. The number of fused-ring (bicyclic) bond motifs is 1. The molecule has 2 nitrogen and oxygen atoms in total. The van der Waals surface area contributed by atoms with Gasteiger partial charge < -0.3 is 10.1 Å². The van der Waals surface area contributed by atoms with E-state index in [4.69, 9.17) is 27.9 Å². The average molecular weight is 286 g/mol. The molecule has 1 N–H and O–H groups in total. The molecule has 0 spiro atoms. The van der Waals surface area contributed by atoms with Crippen molar-refractivity contribution in [1.82, 2.24) is 5.32 Å². The molecule has 1 aliphatic heterocycles. The Morgan fingerprint density at radius 2 is 2.06 bits per heavy atom. The molecule has 0 radical (unpaired) electrons. The van der Waals surface area contributed by atoms with E-state index >= 15 is 0 Å². The molecule has 2 aliphatic rings. The van der Waals surface area contributed by atoms with Gasteiger partial charge in [-0.1, -0.05) is 29.6 Å². The van der Waals surface area contributed by atoms with Gasteiger partial charge in [0.15, 0.2) is 0 Å². The highest BCUT2D eigenvalue weighted by Crippen LogP contribution is 2.40. The minimum absolute atomic E-state index is 0.325. The summed E-state index contributed by atoms with van der Waals surface area (Å²) in [5.74, 6) is 1.66. The third kappa shape index (κ3) is 2.47. The Hall–Kier alpha value is -0.440. The standard InChI is InChI=1S/C14H17Cl2NO/c15-10-6-11-13(17-8-9-2-1-3-9)4-5-18-14(11)12(16)7-10/h6-7,9,13,17H,1-5,8H2. The minimum Gasteiger partial charge on any atom is -0.492 e. The van der Waals surface area contributed by atoms with Gasteiger partial charge in [-0.3, -0.25) is 0 Å². The van der Waals surface area contributed by atoms with Crippen LogP contribution in [0.5, 0.6) is 5.75 Å². The maximum absolute atomic E-state index is 6.18. The Morgan fingerprint density at radius 3 is 2.78 bits per heavy atom. The molecule has 98 valence electrons. The summed E-state index contributed by atoms with van der Waals surface area (Å²) in [6.45, 7) is 1.81. The van der Waals surface area contributed by atoms with E-state index in [1.807, 2.05) is 6.07 Å². The lowest BCUT2D eigenvalue weighted by atomic mass is 9.85. The van der Waals surface area contributed by atoms with Crippen molar-refractivity contribution in [2.75, 3.05) is 13.2 Å². The van der Waals surface area contributed by atoms with Crippen molar-refractivity contribution in [2.45, 2.75) is 31.7 Å². The number of hydrogen-bond donors (Lipinski definition) is 1. The molecule has 18 heavy (non-hydrogen) atoms. The Kier molecular flexibility index (Phi) is 3.69. The highest BCUT2D eigenvalue weighted by molar-refractivity contribution is 6.35. The number of benzene rings is 1. The Labute approximate surface area is 118 Å². The van der Waals surface area contributed by atoms with E-state index < -0.39 is 0 Å². The number of halogens is 2. The van der Waals surface area contributed by atoms with Gasteiger partial charge in [-0.15, -0.1) is 0 Å². The monoisotopic (exact) mass is 285 g/mol. The molecular weight excluding hydrogens is 269 g/mol. The maximum Gasteiger partial charge on any atom is 0.142 e. The van der Waals surface area contributed by atoms with E-state index in [-0.39, 0.29) is 0 Å². The summed E-state index contributed by atoms with van der Waals surface area (Å²) in [6, 6.07) is 4.04. The molecule has 0 bridgehead atoms. The molecule has 1 unspecified atom stereocenters. The second-order valence-corrected chi connectivity index (χ2v) is 6.04. The van der Waals surface area contributed by atoms with Gasteiger partial charge in [0.2, 0.25) is 0 Å². The van der Waals surface area contributed by atoms with Crippen LogP contribution in [0.15, 0.2) is 12.1 Å². The fraction of sp³-hybridized carbons (Fsp3) is 0.571. The van der Waals surface area contributed by atoms with Crippen LogP contribution < -0.4 is 10.1 Å². The number of hydrogen-bond acceptors (Lipinski definition) is 2.